The number of hydrogen-bond donors (Lipinski definition) is 1. The first-order valence-electron chi connectivity index (χ1n) is 6.51. The van der Waals surface area contributed by atoms with Gasteiger partial charge < -0.3 is 5.11 Å². The van der Waals surface area contributed by atoms with Crippen LogP contribution in [0.25, 0.3) is 0 Å². The van der Waals surface area contributed by atoms with Crippen LogP contribution in [0.1, 0.15) is 24.8 Å². The van der Waals surface area contributed by atoms with Crippen LogP contribution in [0.5, 0.6) is 0 Å². The van der Waals surface area contributed by atoms with E-state index in [0.717, 1.165) is 5.56 Å². The summed E-state index contributed by atoms with van der Waals surface area (Å²) < 4.78 is 0.424. The van der Waals surface area contributed by atoms with Crippen molar-refractivity contribution in [1.29, 1.82) is 0 Å². The number of aliphatic carboxylic acids is 1. The zero-order chi connectivity index (χ0) is 15.4. The van der Waals surface area contributed by atoms with Gasteiger partial charge in [-0.05, 0) is 5.56 Å². The fourth-order valence-corrected chi connectivity index (χ4v) is 3.38. The predicted octanol–water partition coefficient (Wildman–Crippen LogP) is 3.01. The molecule has 1 aliphatic heterocycles. The Balaban J connectivity index is 2.11. The molecule has 0 spiro atoms. The van der Waals surface area contributed by atoms with E-state index in [2.05, 4.69) is 0 Å². The highest BCUT2D eigenvalue weighted by Crippen LogP contribution is 2.33. The number of carboxylic acids is 1. The molecular formula is C15H15NO3S2. The van der Waals surface area contributed by atoms with Crippen molar-refractivity contribution in [2.75, 3.05) is 6.54 Å². The molecule has 0 aliphatic carbocycles. The lowest BCUT2D eigenvalue weighted by molar-refractivity contribution is -0.137. The Morgan fingerprint density at radius 3 is 2.71 bits per heavy atom. The Hall–Kier alpha value is -1.66. The quantitative estimate of drug-likeness (QED) is 0.667. The molecule has 1 fully saturated rings. The minimum Gasteiger partial charge on any atom is -0.481 e. The largest absolute Gasteiger partial charge is 0.481 e. The number of carbonyl (C=O) groups is 2. The number of allylic oxidation sites excluding steroid dienone is 1. The molecule has 0 aromatic heterocycles. The fourth-order valence-electron chi connectivity index (χ4n) is 1.99. The van der Waals surface area contributed by atoms with Gasteiger partial charge in [0.1, 0.15) is 4.32 Å². The van der Waals surface area contributed by atoms with Crippen molar-refractivity contribution >= 4 is 40.2 Å². The summed E-state index contributed by atoms with van der Waals surface area (Å²) in [6.07, 6.45) is 1.78. The number of thiocarbonyl (C=S) groups is 1. The van der Waals surface area contributed by atoms with Crippen molar-refractivity contribution in [1.82, 2.24) is 4.90 Å². The number of thioether (sulfide) groups is 1. The summed E-state index contributed by atoms with van der Waals surface area (Å²) in [5.41, 5.74) is 1.12. The van der Waals surface area contributed by atoms with E-state index in [1.54, 1.807) is 0 Å². The molecule has 1 aliphatic rings. The first-order valence-corrected chi connectivity index (χ1v) is 7.73. The maximum Gasteiger partial charge on any atom is 0.305 e. The van der Waals surface area contributed by atoms with E-state index < -0.39 is 5.97 Å². The zero-order valence-electron chi connectivity index (χ0n) is 11.5. The minimum atomic E-state index is -0.939. The van der Waals surface area contributed by atoms with Gasteiger partial charge in [0.2, 0.25) is 0 Å². The summed E-state index contributed by atoms with van der Waals surface area (Å²) in [5.74, 6) is -1.04. The second-order valence-corrected chi connectivity index (χ2v) is 6.37. The molecule has 0 bridgehead atoms. The number of rotatable bonds is 5. The summed E-state index contributed by atoms with van der Waals surface area (Å²) in [5, 5.41) is 8.70. The first kappa shape index (κ1) is 15.7. The Morgan fingerprint density at radius 2 is 2.10 bits per heavy atom. The molecule has 1 saturated heterocycles. The van der Waals surface area contributed by atoms with Crippen LogP contribution in [-0.4, -0.2) is 32.7 Å². The highest BCUT2D eigenvalue weighted by Gasteiger charge is 2.32. The van der Waals surface area contributed by atoms with Gasteiger partial charge in [0.05, 0.1) is 11.3 Å². The van der Waals surface area contributed by atoms with E-state index in [-0.39, 0.29) is 24.8 Å². The summed E-state index contributed by atoms with van der Waals surface area (Å²) in [6.45, 7) is 2.14. The molecule has 0 radical (unpaired) electrons. The molecule has 1 unspecified atom stereocenters. The normalized spacial score (nSPS) is 18.3. The van der Waals surface area contributed by atoms with Crippen LogP contribution in [0.15, 0.2) is 41.3 Å². The summed E-state index contributed by atoms with van der Waals surface area (Å²) in [4.78, 5) is 24.8. The topological polar surface area (TPSA) is 57.6 Å². The molecule has 4 nitrogen and oxygen atoms in total. The van der Waals surface area contributed by atoms with Crippen LogP contribution >= 0.6 is 24.0 Å². The molecule has 2 rings (SSSR count). The Labute approximate surface area is 132 Å². The second-order valence-electron chi connectivity index (χ2n) is 4.70. The molecule has 110 valence electrons. The number of benzene rings is 1. The Bertz CT molecular complexity index is 598. The number of hydrogen-bond acceptors (Lipinski definition) is 4. The average Bonchev–Trinajstić information content (AvgIpc) is 2.72. The van der Waals surface area contributed by atoms with Crippen LogP contribution in [0, 0.1) is 0 Å². The maximum absolute atomic E-state index is 12.3. The standard InChI is InChI=1S/C15H15NO3S2/c1-10(11-5-3-2-4-6-11)9-12-14(19)16(15(20)21-12)8-7-13(17)18/h2-6,9-10H,7-8H2,1H3,(H,17,18)/b12-9-. The van der Waals surface area contributed by atoms with E-state index in [0.29, 0.717) is 9.23 Å². The van der Waals surface area contributed by atoms with E-state index in [9.17, 15) is 9.59 Å². The highest BCUT2D eigenvalue weighted by molar-refractivity contribution is 8.26. The molecule has 1 aromatic carbocycles. The average molecular weight is 321 g/mol. The monoisotopic (exact) mass is 321 g/mol. The van der Waals surface area contributed by atoms with Gasteiger partial charge in [-0.1, -0.05) is 67.3 Å². The van der Waals surface area contributed by atoms with Crippen LogP contribution in [0.2, 0.25) is 0 Å². The summed E-state index contributed by atoms with van der Waals surface area (Å²) in [6, 6.07) is 9.87. The Morgan fingerprint density at radius 1 is 1.43 bits per heavy atom. The molecule has 1 atom stereocenters. The van der Waals surface area contributed by atoms with Crippen molar-refractivity contribution in [2.24, 2.45) is 0 Å². The number of carbonyl (C=O) groups excluding carboxylic acids is 1. The smallest absolute Gasteiger partial charge is 0.305 e. The number of amides is 1. The van der Waals surface area contributed by atoms with Crippen LogP contribution < -0.4 is 0 Å². The molecule has 1 amide bonds. The molecular weight excluding hydrogens is 306 g/mol. The lowest BCUT2D eigenvalue weighted by Crippen LogP contribution is -2.30. The molecule has 1 N–H and O–H groups in total. The van der Waals surface area contributed by atoms with Crippen LogP contribution in [0.3, 0.4) is 0 Å². The molecule has 0 saturated carbocycles. The van der Waals surface area contributed by atoms with Gasteiger partial charge in [-0.15, -0.1) is 0 Å². The summed E-state index contributed by atoms with van der Waals surface area (Å²) >= 11 is 6.38. The van der Waals surface area contributed by atoms with Gasteiger partial charge in [-0.25, -0.2) is 0 Å². The van der Waals surface area contributed by atoms with Crippen molar-refractivity contribution in [3.63, 3.8) is 0 Å². The molecule has 6 heteroatoms. The number of carboxylic acid groups (broad SMARTS) is 1. The van der Waals surface area contributed by atoms with Crippen molar-refractivity contribution in [3.8, 4) is 0 Å². The van der Waals surface area contributed by atoms with Crippen LogP contribution in [0.4, 0.5) is 0 Å². The van der Waals surface area contributed by atoms with E-state index in [4.69, 9.17) is 17.3 Å². The predicted molar refractivity (Wildman–Crippen MR) is 87.1 cm³/mol. The lowest BCUT2D eigenvalue weighted by Gasteiger charge is -2.12. The maximum atomic E-state index is 12.3. The highest BCUT2D eigenvalue weighted by atomic mass is 32.2. The lowest BCUT2D eigenvalue weighted by atomic mass is 10.0. The molecule has 1 heterocycles. The third kappa shape index (κ3) is 3.92. The summed E-state index contributed by atoms with van der Waals surface area (Å²) in [7, 11) is 0. The minimum absolute atomic E-state index is 0.0971. The molecule has 1 aromatic rings. The van der Waals surface area contributed by atoms with E-state index in [1.807, 2.05) is 43.3 Å². The van der Waals surface area contributed by atoms with Gasteiger partial charge >= 0.3 is 5.97 Å². The molecule has 21 heavy (non-hydrogen) atoms. The fraction of sp³-hybridized carbons (Fsp3) is 0.267. The van der Waals surface area contributed by atoms with Gasteiger partial charge in [0.25, 0.3) is 5.91 Å². The second kappa shape index (κ2) is 6.87. The van der Waals surface area contributed by atoms with Crippen molar-refractivity contribution in [3.05, 3.63) is 46.9 Å². The van der Waals surface area contributed by atoms with Crippen molar-refractivity contribution < 1.29 is 14.7 Å². The first-order chi connectivity index (χ1) is 9.99. The Kier molecular flexibility index (Phi) is 5.14. The van der Waals surface area contributed by atoms with Crippen LogP contribution in [-0.2, 0) is 9.59 Å². The zero-order valence-corrected chi connectivity index (χ0v) is 13.1. The third-order valence-corrected chi connectivity index (χ3v) is 4.55. The number of nitrogens with zero attached hydrogens (tertiary/aromatic N) is 1. The van der Waals surface area contributed by atoms with Gasteiger partial charge in [-0.3, -0.25) is 14.5 Å². The van der Waals surface area contributed by atoms with E-state index in [1.165, 1.54) is 16.7 Å². The SMILES string of the molecule is CC(/C=C1\SC(=S)N(CCC(=O)O)C1=O)c1ccccc1. The van der Waals surface area contributed by atoms with Crippen molar-refractivity contribution in [2.45, 2.75) is 19.3 Å². The third-order valence-electron chi connectivity index (χ3n) is 3.15. The van der Waals surface area contributed by atoms with E-state index >= 15 is 0 Å². The van der Waals surface area contributed by atoms with Gasteiger partial charge in [-0.2, -0.15) is 0 Å². The van der Waals surface area contributed by atoms with Gasteiger partial charge in [0, 0.05) is 12.5 Å². The van der Waals surface area contributed by atoms with Gasteiger partial charge in [0.15, 0.2) is 0 Å².